The van der Waals surface area contributed by atoms with Crippen LogP contribution in [0.25, 0.3) is 10.6 Å². The average molecular weight is 419 g/mol. The minimum atomic E-state index is -3.62. The zero-order valence-corrected chi connectivity index (χ0v) is 16.7. The molecule has 1 fully saturated rings. The Kier molecular flexibility index (Phi) is 4.96. The van der Waals surface area contributed by atoms with Gasteiger partial charge in [0.25, 0.3) is 15.6 Å². The molecule has 0 aliphatic carbocycles. The van der Waals surface area contributed by atoms with Gasteiger partial charge in [0.05, 0.1) is 11.1 Å². The summed E-state index contributed by atoms with van der Waals surface area (Å²) in [6.45, 7) is 3.34. The van der Waals surface area contributed by atoms with Gasteiger partial charge in [-0.3, -0.25) is 9.78 Å². The molecule has 0 bridgehead atoms. The minimum absolute atomic E-state index is 0.211. The normalized spacial score (nSPS) is 18.3. The summed E-state index contributed by atoms with van der Waals surface area (Å²) >= 11 is 1.14. The molecule has 11 heteroatoms. The molecule has 3 aromatic heterocycles. The van der Waals surface area contributed by atoms with E-state index in [9.17, 15) is 13.2 Å². The van der Waals surface area contributed by atoms with Crippen LogP contribution in [0.1, 0.15) is 6.92 Å². The Hall–Kier alpha value is -2.63. The van der Waals surface area contributed by atoms with E-state index in [1.807, 2.05) is 11.8 Å². The predicted octanol–water partition coefficient (Wildman–Crippen LogP) is 1.19. The number of hydrogen-bond acceptors (Lipinski definition) is 8. The first-order valence-electron chi connectivity index (χ1n) is 8.64. The largest absolute Gasteiger partial charge is 0.352 e. The summed E-state index contributed by atoms with van der Waals surface area (Å²) < 4.78 is 28.1. The van der Waals surface area contributed by atoms with Crippen molar-refractivity contribution in [2.45, 2.75) is 17.2 Å². The van der Waals surface area contributed by atoms with Crippen LogP contribution in [-0.4, -0.2) is 58.6 Å². The number of H-pyrrole nitrogens is 1. The van der Waals surface area contributed by atoms with Gasteiger partial charge in [0.2, 0.25) is 0 Å². The number of anilines is 1. The number of aromatic amines is 1. The monoisotopic (exact) mass is 418 g/mol. The van der Waals surface area contributed by atoms with E-state index in [1.54, 1.807) is 36.8 Å². The topological polar surface area (TPSA) is 112 Å². The molecule has 0 saturated carbocycles. The van der Waals surface area contributed by atoms with Gasteiger partial charge in [-0.25, -0.2) is 18.5 Å². The number of piperazine rings is 1. The molecule has 0 radical (unpaired) electrons. The standard InChI is InChI=1S/C17H18N6O3S2/c1-12-11-22(15-10-18-6-7-19-15)8-9-23(12)28(25,26)17-5-3-14(27-17)13-2-4-16(24)21-20-13/h2-7,10,12H,8-9,11H2,1H3,(H,21,24)/t12-/m1/s1. The lowest BCUT2D eigenvalue weighted by Crippen LogP contribution is -2.54. The van der Waals surface area contributed by atoms with E-state index < -0.39 is 10.0 Å². The molecule has 1 aliphatic rings. The number of sulfonamides is 1. The molecule has 1 saturated heterocycles. The molecule has 4 rings (SSSR count). The first-order valence-corrected chi connectivity index (χ1v) is 10.9. The highest BCUT2D eigenvalue weighted by molar-refractivity contribution is 7.91. The summed E-state index contributed by atoms with van der Waals surface area (Å²) in [6.07, 6.45) is 4.92. The fourth-order valence-corrected chi connectivity index (χ4v) is 6.17. The van der Waals surface area contributed by atoms with Gasteiger partial charge in [-0.1, -0.05) is 0 Å². The summed E-state index contributed by atoms with van der Waals surface area (Å²) in [7, 11) is -3.62. The van der Waals surface area contributed by atoms with Crippen LogP contribution < -0.4 is 10.5 Å². The molecule has 146 valence electrons. The smallest absolute Gasteiger partial charge is 0.264 e. The van der Waals surface area contributed by atoms with Crippen molar-refractivity contribution >= 4 is 27.2 Å². The zero-order valence-electron chi connectivity index (χ0n) is 15.0. The van der Waals surface area contributed by atoms with Gasteiger partial charge >= 0.3 is 0 Å². The maximum atomic E-state index is 13.2. The molecule has 1 aliphatic heterocycles. The third-order valence-electron chi connectivity index (χ3n) is 4.52. The summed E-state index contributed by atoms with van der Waals surface area (Å²) in [5, 5.41) is 6.32. The van der Waals surface area contributed by atoms with E-state index in [0.717, 1.165) is 17.2 Å². The number of thiophene rings is 1. The van der Waals surface area contributed by atoms with Crippen LogP contribution in [0.2, 0.25) is 0 Å². The number of aromatic nitrogens is 4. The predicted molar refractivity (Wildman–Crippen MR) is 106 cm³/mol. The van der Waals surface area contributed by atoms with E-state index in [-0.39, 0.29) is 15.8 Å². The second-order valence-electron chi connectivity index (χ2n) is 6.40. The SMILES string of the molecule is C[C@@H]1CN(c2cnccn2)CCN1S(=O)(=O)c1ccc(-c2ccc(=O)[nH]n2)s1. The molecule has 4 heterocycles. The van der Waals surface area contributed by atoms with E-state index in [2.05, 4.69) is 20.2 Å². The highest BCUT2D eigenvalue weighted by Gasteiger charge is 2.35. The molecular weight excluding hydrogens is 400 g/mol. The van der Waals surface area contributed by atoms with E-state index in [1.165, 1.54) is 10.4 Å². The Balaban J connectivity index is 1.54. The van der Waals surface area contributed by atoms with E-state index in [0.29, 0.717) is 30.2 Å². The van der Waals surface area contributed by atoms with Crippen LogP contribution in [0.3, 0.4) is 0 Å². The fraction of sp³-hybridized carbons (Fsp3) is 0.294. The quantitative estimate of drug-likeness (QED) is 0.677. The van der Waals surface area contributed by atoms with Gasteiger partial charge in [-0.05, 0) is 25.1 Å². The zero-order chi connectivity index (χ0) is 19.7. The van der Waals surface area contributed by atoms with Crippen molar-refractivity contribution in [2.75, 3.05) is 24.5 Å². The molecule has 28 heavy (non-hydrogen) atoms. The van der Waals surface area contributed by atoms with Gasteiger partial charge in [-0.15, -0.1) is 11.3 Å². The number of rotatable bonds is 4. The maximum Gasteiger partial charge on any atom is 0.264 e. The number of hydrogen-bond donors (Lipinski definition) is 1. The van der Waals surface area contributed by atoms with Crippen LogP contribution in [0.5, 0.6) is 0 Å². The molecule has 1 atom stereocenters. The fourth-order valence-electron chi connectivity index (χ4n) is 3.15. The summed E-state index contributed by atoms with van der Waals surface area (Å²) in [5.74, 6) is 0.744. The van der Waals surface area contributed by atoms with Crippen LogP contribution in [0.15, 0.2) is 51.9 Å². The minimum Gasteiger partial charge on any atom is -0.352 e. The molecule has 9 nitrogen and oxygen atoms in total. The Morgan fingerprint density at radius 1 is 1.18 bits per heavy atom. The maximum absolute atomic E-state index is 13.2. The second-order valence-corrected chi connectivity index (χ2v) is 9.60. The molecule has 3 aromatic rings. The average Bonchev–Trinajstić information content (AvgIpc) is 3.20. The van der Waals surface area contributed by atoms with E-state index in [4.69, 9.17) is 0 Å². The first kappa shape index (κ1) is 18.7. The molecule has 0 amide bonds. The highest BCUT2D eigenvalue weighted by atomic mass is 32.2. The third-order valence-corrected chi connectivity index (χ3v) is 8.10. The lowest BCUT2D eigenvalue weighted by Gasteiger charge is -2.39. The third kappa shape index (κ3) is 3.55. The Morgan fingerprint density at radius 3 is 2.71 bits per heavy atom. The second kappa shape index (κ2) is 7.41. The Morgan fingerprint density at radius 2 is 2.04 bits per heavy atom. The van der Waals surface area contributed by atoms with Crippen molar-refractivity contribution in [1.29, 1.82) is 0 Å². The summed E-state index contributed by atoms with van der Waals surface area (Å²) in [4.78, 5) is 22.2. The van der Waals surface area contributed by atoms with Gasteiger partial charge in [0.1, 0.15) is 15.7 Å². The van der Waals surface area contributed by atoms with Crippen LogP contribution in [0.4, 0.5) is 5.82 Å². The first-order chi connectivity index (χ1) is 13.4. The van der Waals surface area contributed by atoms with Crippen molar-refractivity contribution in [2.24, 2.45) is 0 Å². The van der Waals surface area contributed by atoms with Crippen LogP contribution >= 0.6 is 11.3 Å². The van der Waals surface area contributed by atoms with Gasteiger partial charge in [0.15, 0.2) is 0 Å². The van der Waals surface area contributed by atoms with Crippen molar-refractivity contribution in [1.82, 2.24) is 24.5 Å². The number of nitrogens with zero attached hydrogens (tertiary/aromatic N) is 5. The molecule has 1 N–H and O–H groups in total. The van der Waals surface area contributed by atoms with Crippen molar-refractivity contribution in [3.63, 3.8) is 0 Å². The molecular formula is C17H18N6O3S2. The number of nitrogens with one attached hydrogen (secondary N) is 1. The van der Waals surface area contributed by atoms with Crippen molar-refractivity contribution < 1.29 is 8.42 Å². The highest BCUT2D eigenvalue weighted by Crippen LogP contribution is 2.32. The van der Waals surface area contributed by atoms with Gasteiger partial charge in [-0.2, -0.15) is 9.40 Å². The van der Waals surface area contributed by atoms with Gasteiger partial charge < -0.3 is 4.90 Å². The molecule has 0 aromatic carbocycles. The van der Waals surface area contributed by atoms with Crippen LogP contribution in [-0.2, 0) is 10.0 Å². The van der Waals surface area contributed by atoms with Crippen molar-refractivity contribution in [3.8, 4) is 10.6 Å². The Bertz CT molecular complexity index is 1110. The lowest BCUT2D eigenvalue weighted by atomic mass is 10.2. The summed E-state index contributed by atoms with van der Waals surface area (Å²) in [6, 6.07) is 6.02. The lowest BCUT2D eigenvalue weighted by molar-refractivity contribution is 0.306. The Labute approximate surface area is 165 Å². The molecule has 0 spiro atoms. The van der Waals surface area contributed by atoms with Gasteiger partial charge in [0, 0.05) is 44.1 Å². The molecule has 0 unspecified atom stereocenters. The summed E-state index contributed by atoms with van der Waals surface area (Å²) in [5.41, 5.74) is 0.231. The van der Waals surface area contributed by atoms with E-state index >= 15 is 0 Å². The van der Waals surface area contributed by atoms with Crippen LogP contribution in [0, 0.1) is 0 Å². The van der Waals surface area contributed by atoms with Crippen molar-refractivity contribution in [3.05, 3.63) is 53.2 Å².